The van der Waals surface area contributed by atoms with Crippen LogP contribution in [0, 0.1) is 5.92 Å². The second kappa shape index (κ2) is 9.20. The second-order valence-corrected chi connectivity index (χ2v) is 6.63. The van der Waals surface area contributed by atoms with E-state index in [9.17, 15) is 14.4 Å². The predicted octanol–water partition coefficient (Wildman–Crippen LogP) is 2.63. The summed E-state index contributed by atoms with van der Waals surface area (Å²) in [6.45, 7) is 7.61. The largest absolute Gasteiger partial charge is 0.480 e. The van der Waals surface area contributed by atoms with Crippen LogP contribution in [-0.2, 0) is 16.1 Å². The van der Waals surface area contributed by atoms with Crippen LogP contribution in [0.25, 0.3) is 0 Å². The molecule has 0 aromatic heterocycles. The van der Waals surface area contributed by atoms with Crippen LogP contribution in [0.3, 0.4) is 0 Å². The van der Waals surface area contributed by atoms with Gasteiger partial charge in [0.2, 0.25) is 5.91 Å². The average molecular weight is 348 g/mol. The minimum Gasteiger partial charge on any atom is -0.480 e. The summed E-state index contributed by atoms with van der Waals surface area (Å²) in [7, 11) is 1.75. The van der Waals surface area contributed by atoms with Gasteiger partial charge in [-0.15, -0.1) is 0 Å². The summed E-state index contributed by atoms with van der Waals surface area (Å²) in [6, 6.07) is 6.81. The number of carbonyl (C=O) groups is 3. The number of carboxylic acids is 1. The van der Waals surface area contributed by atoms with E-state index >= 15 is 0 Å². The van der Waals surface area contributed by atoms with E-state index < -0.39 is 5.97 Å². The van der Waals surface area contributed by atoms with Crippen LogP contribution in [0.1, 0.15) is 50.0 Å². The zero-order chi connectivity index (χ0) is 19.1. The Labute approximate surface area is 149 Å². The molecule has 0 spiro atoms. The maximum absolute atomic E-state index is 12.6. The molecule has 2 amide bonds. The fourth-order valence-corrected chi connectivity index (χ4v) is 2.51. The topological polar surface area (TPSA) is 77.9 Å². The van der Waals surface area contributed by atoms with Gasteiger partial charge in [0.15, 0.2) is 0 Å². The van der Waals surface area contributed by atoms with Crippen LogP contribution in [0.4, 0.5) is 0 Å². The van der Waals surface area contributed by atoms with Crippen LogP contribution in [0.5, 0.6) is 0 Å². The molecular weight excluding hydrogens is 320 g/mol. The molecule has 0 aliphatic heterocycles. The lowest BCUT2D eigenvalue weighted by Gasteiger charge is -2.27. The maximum atomic E-state index is 12.6. The summed E-state index contributed by atoms with van der Waals surface area (Å²) >= 11 is 0. The second-order valence-electron chi connectivity index (χ2n) is 6.63. The summed E-state index contributed by atoms with van der Waals surface area (Å²) in [6.07, 6.45) is 0.680. The van der Waals surface area contributed by atoms with Gasteiger partial charge in [-0.05, 0) is 31.0 Å². The molecule has 0 aliphatic rings. The highest BCUT2D eigenvalue weighted by molar-refractivity contribution is 5.96. The monoisotopic (exact) mass is 348 g/mol. The van der Waals surface area contributed by atoms with Gasteiger partial charge < -0.3 is 14.9 Å². The summed E-state index contributed by atoms with van der Waals surface area (Å²) in [5, 5.41) is 9.03. The van der Waals surface area contributed by atoms with E-state index in [2.05, 4.69) is 0 Å². The Kier molecular flexibility index (Phi) is 7.61. The highest BCUT2D eigenvalue weighted by Crippen LogP contribution is 2.13. The van der Waals surface area contributed by atoms with Crippen molar-refractivity contribution < 1.29 is 19.5 Å². The minimum atomic E-state index is -1.03. The van der Waals surface area contributed by atoms with Crippen molar-refractivity contribution in [1.82, 2.24) is 9.80 Å². The molecule has 0 radical (unpaired) electrons. The number of nitrogens with zero attached hydrogens (tertiary/aromatic N) is 2. The van der Waals surface area contributed by atoms with Gasteiger partial charge in [-0.25, -0.2) is 0 Å². The first-order valence-electron chi connectivity index (χ1n) is 8.54. The Morgan fingerprint density at radius 1 is 1.08 bits per heavy atom. The minimum absolute atomic E-state index is 0.0598. The van der Waals surface area contributed by atoms with Crippen LogP contribution in [0.2, 0.25) is 0 Å². The lowest BCUT2D eigenvalue weighted by Crippen LogP contribution is -2.41. The third-order valence-corrected chi connectivity index (χ3v) is 4.18. The van der Waals surface area contributed by atoms with Crippen LogP contribution in [0.15, 0.2) is 24.3 Å². The molecule has 25 heavy (non-hydrogen) atoms. The quantitative estimate of drug-likeness (QED) is 0.783. The Morgan fingerprint density at radius 2 is 1.64 bits per heavy atom. The fourth-order valence-electron chi connectivity index (χ4n) is 2.51. The van der Waals surface area contributed by atoms with E-state index in [0.717, 1.165) is 5.56 Å². The predicted molar refractivity (Wildman–Crippen MR) is 96.2 cm³/mol. The van der Waals surface area contributed by atoms with Crippen molar-refractivity contribution in [2.45, 2.75) is 46.7 Å². The molecule has 1 aromatic carbocycles. The van der Waals surface area contributed by atoms with Gasteiger partial charge in [0.1, 0.15) is 6.54 Å². The first-order valence-corrected chi connectivity index (χ1v) is 8.54. The van der Waals surface area contributed by atoms with Crippen molar-refractivity contribution in [2.24, 2.45) is 5.92 Å². The third-order valence-electron chi connectivity index (χ3n) is 4.18. The number of hydrogen-bond donors (Lipinski definition) is 1. The Morgan fingerprint density at radius 3 is 2.08 bits per heavy atom. The standard InChI is InChI=1S/C19H28N2O4/c1-6-14(4)21(12-17(22)23)19(25)16-9-7-15(8-10-16)11-20(5)18(24)13(2)3/h7-10,13-14H,6,11-12H2,1-5H3,(H,22,23). The molecule has 1 rings (SSSR count). The van der Waals surface area contributed by atoms with E-state index in [1.165, 1.54) is 4.90 Å². The van der Waals surface area contributed by atoms with E-state index in [-0.39, 0.29) is 30.3 Å². The SMILES string of the molecule is CCC(C)N(CC(=O)O)C(=O)c1ccc(CN(C)C(=O)C(C)C)cc1. The van der Waals surface area contributed by atoms with Crippen molar-refractivity contribution in [3.63, 3.8) is 0 Å². The smallest absolute Gasteiger partial charge is 0.323 e. The maximum Gasteiger partial charge on any atom is 0.323 e. The van der Waals surface area contributed by atoms with Crippen molar-refractivity contribution in [3.05, 3.63) is 35.4 Å². The lowest BCUT2D eigenvalue weighted by atomic mass is 10.1. The van der Waals surface area contributed by atoms with Gasteiger partial charge in [-0.2, -0.15) is 0 Å². The van der Waals surface area contributed by atoms with Gasteiger partial charge >= 0.3 is 5.97 Å². The highest BCUT2D eigenvalue weighted by atomic mass is 16.4. The van der Waals surface area contributed by atoms with Crippen molar-refractivity contribution in [1.29, 1.82) is 0 Å². The Balaban J connectivity index is 2.88. The van der Waals surface area contributed by atoms with E-state index in [0.29, 0.717) is 18.5 Å². The van der Waals surface area contributed by atoms with Gasteiger partial charge in [0.05, 0.1) is 0 Å². The molecule has 0 aliphatic carbocycles. The van der Waals surface area contributed by atoms with Crippen LogP contribution in [-0.4, -0.2) is 52.3 Å². The molecule has 0 saturated heterocycles. The molecule has 0 heterocycles. The molecule has 1 unspecified atom stereocenters. The van der Waals surface area contributed by atoms with Gasteiger partial charge in [-0.1, -0.05) is 32.9 Å². The molecule has 1 aromatic rings. The van der Waals surface area contributed by atoms with Crippen molar-refractivity contribution >= 4 is 17.8 Å². The molecule has 6 heteroatoms. The van der Waals surface area contributed by atoms with Crippen LogP contribution >= 0.6 is 0 Å². The number of rotatable bonds is 8. The lowest BCUT2D eigenvalue weighted by molar-refractivity contribution is -0.138. The summed E-state index contributed by atoms with van der Waals surface area (Å²) in [5.74, 6) is -1.33. The third kappa shape index (κ3) is 5.89. The molecule has 6 nitrogen and oxygen atoms in total. The number of aliphatic carboxylic acids is 1. The van der Waals surface area contributed by atoms with E-state index in [4.69, 9.17) is 5.11 Å². The van der Waals surface area contributed by atoms with Crippen LogP contribution < -0.4 is 0 Å². The zero-order valence-corrected chi connectivity index (χ0v) is 15.7. The molecule has 138 valence electrons. The Hall–Kier alpha value is -2.37. The van der Waals surface area contributed by atoms with Gasteiger partial charge in [-0.3, -0.25) is 14.4 Å². The summed E-state index contributed by atoms with van der Waals surface area (Å²) in [5.41, 5.74) is 1.37. The number of carbonyl (C=O) groups excluding carboxylic acids is 2. The van der Waals surface area contributed by atoms with E-state index in [1.807, 2.05) is 27.7 Å². The first-order chi connectivity index (χ1) is 11.7. The van der Waals surface area contributed by atoms with E-state index in [1.54, 1.807) is 36.2 Å². The zero-order valence-electron chi connectivity index (χ0n) is 15.7. The first kappa shape index (κ1) is 20.7. The Bertz CT molecular complexity index is 610. The normalized spacial score (nSPS) is 11.9. The van der Waals surface area contributed by atoms with Crippen molar-refractivity contribution in [3.8, 4) is 0 Å². The molecule has 0 saturated carbocycles. The van der Waals surface area contributed by atoms with Crippen molar-refractivity contribution in [2.75, 3.05) is 13.6 Å². The highest BCUT2D eigenvalue weighted by Gasteiger charge is 2.23. The average Bonchev–Trinajstić information content (AvgIpc) is 2.58. The summed E-state index contributed by atoms with van der Waals surface area (Å²) < 4.78 is 0. The van der Waals surface area contributed by atoms with Gasteiger partial charge in [0, 0.05) is 31.1 Å². The number of benzene rings is 1. The molecule has 1 N–H and O–H groups in total. The molecular formula is C19H28N2O4. The molecule has 0 fully saturated rings. The molecule has 1 atom stereocenters. The summed E-state index contributed by atoms with van der Waals surface area (Å²) in [4.78, 5) is 38.6. The molecule has 0 bridgehead atoms. The number of hydrogen-bond acceptors (Lipinski definition) is 3. The number of carboxylic acid groups (broad SMARTS) is 1. The van der Waals surface area contributed by atoms with Gasteiger partial charge in [0.25, 0.3) is 5.91 Å². The fraction of sp³-hybridized carbons (Fsp3) is 0.526. The number of amides is 2.